The number of carbonyl (C=O) groups is 2. The summed E-state index contributed by atoms with van der Waals surface area (Å²) in [5.41, 5.74) is 1.91. The second-order valence-corrected chi connectivity index (χ2v) is 7.64. The van der Waals surface area contributed by atoms with Gasteiger partial charge in [0.25, 0.3) is 0 Å². The summed E-state index contributed by atoms with van der Waals surface area (Å²) < 4.78 is 6.06. The van der Waals surface area contributed by atoms with E-state index in [1.54, 1.807) is 30.5 Å². The van der Waals surface area contributed by atoms with Crippen LogP contribution in [0.3, 0.4) is 0 Å². The van der Waals surface area contributed by atoms with Crippen LogP contribution in [-0.4, -0.2) is 16.9 Å². The Hall–Kier alpha value is -2.15. The van der Waals surface area contributed by atoms with E-state index < -0.39 is 5.97 Å². The highest BCUT2D eigenvalue weighted by Gasteiger charge is 2.12. The van der Waals surface area contributed by atoms with Crippen molar-refractivity contribution in [3.05, 3.63) is 68.7 Å². The number of fused-ring (bicyclic) bond motifs is 1. The third-order valence-corrected chi connectivity index (χ3v) is 5.23. The molecule has 0 aliphatic rings. The number of hydrogen-bond donors (Lipinski definition) is 1. The fourth-order valence-electron chi connectivity index (χ4n) is 2.54. The van der Waals surface area contributed by atoms with Gasteiger partial charge < -0.3 is 10.1 Å². The fraction of sp³-hybridized carbons (Fsp3) is 0.150. The normalized spacial score (nSPS) is 10.7. The van der Waals surface area contributed by atoms with Crippen LogP contribution in [0.4, 0.5) is 5.69 Å². The van der Waals surface area contributed by atoms with Gasteiger partial charge >= 0.3 is 5.97 Å². The second-order valence-electron chi connectivity index (χ2n) is 5.94. The summed E-state index contributed by atoms with van der Waals surface area (Å²) in [7, 11) is 0. The van der Waals surface area contributed by atoms with Crippen LogP contribution < -0.4 is 5.32 Å². The molecule has 1 amide bonds. The highest BCUT2D eigenvalue weighted by molar-refractivity contribution is 9.10. The Labute approximate surface area is 180 Å². The molecule has 0 fully saturated rings. The van der Waals surface area contributed by atoms with Crippen LogP contribution >= 0.6 is 39.1 Å². The van der Waals surface area contributed by atoms with E-state index >= 15 is 0 Å². The molecule has 5 nitrogen and oxygen atoms in total. The van der Waals surface area contributed by atoms with Crippen LogP contribution in [0.1, 0.15) is 18.4 Å². The molecule has 144 valence electrons. The average Bonchev–Trinajstić information content (AvgIpc) is 2.68. The van der Waals surface area contributed by atoms with Gasteiger partial charge in [0.05, 0.1) is 17.6 Å². The molecule has 0 spiro atoms. The van der Waals surface area contributed by atoms with Crippen molar-refractivity contribution in [2.45, 2.75) is 19.4 Å². The molecule has 0 saturated carbocycles. The zero-order chi connectivity index (χ0) is 20.1. The molecular formula is C20H15BrCl2N2O3. The highest BCUT2D eigenvalue weighted by Crippen LogP contribution is 2.28. The van der Waals surface area contributed by atoms with Crippen molar-refractivity contribution in [2.75, 3.05) is 5.32 Å². The van der Waals surface area contributed by atoms with Gasteiger partial charge in [0.2, 0.25) is 5.91 Å². The Morgan fingerprint density at radius 3 is 2.71 bits per heavy atom. The van der Waals surface area contributed by atoms with E-state index in [0.29, 0.717) is 26.8 Å². The number of pyridine rings is 1. The van der Waals surface area contributed by atoms with E-state index in [1.165, 1.54) is 0 Å². The zero-order valence-corrected chi connectivity index (χ0v) is 17.6. The number of benzene rings is 2. The quantitative estimate of drug-likeness (QED) is 0.454. The summed E-state index contributed by atoms with van der Waals surface area (Å²) >= 11 is 15.3. The number of amides is 1. The van der Waals surface area contributed by atoms with Gasteiger partial charge in [0.1, 0.15) is 6.61 Å². The molecule has 1 heterocycles. The lowest BCUT2D eigenvalue weighted by Gasteiger charge is -2.10. The van der Waals surface area contributed by atoms with E-state index in [9.17, 15) is 9.59 Å². The van der Waals surface area contributed by atoms with Crippen LogP contribution in [0.2, 0.25) is 10.0 Å². The van der Waals surface area contributed by atoms with Crippen molar-refractivity contribution in [1.29, 1.82) is 0 Å². The van der Waals surface area contributed by atoms with E-state index in [0.717, 1.165) is 9.86 Å². The zero-order valence-electron chi connectivity index (χ0n) is 14.5. The first-order valence-electron chi connectivity index (χ1n) is 8.36. The van der Waals surface area contributed by atoms with Gasteiger partial charge in [-0.25, -0.2) is 0 Å². The van der Waals surface area contributed by atoms with Crippen molar-refractivity contribution in [1.82, 2.24) is 4.98 Å². The number of hydrogen-bond acceptors (Lipinski definition) is 4. The molecule has 8 heteroatoms. The van der Waals surface area contributed by atoms with Gasteiger partial charge in [-0.15, -0.1) is 0 Å². The first-order chi connectivity index (χ1) is 13.4. The smallest absolute Gasteiger partial charge is 0.306 e. The van der Waals surface area contributed by atoms with Gasteiger partial charge in [-0.3, -0.25) is 14.6 Å². The molecule has 0 bridgehead atoms. The molecule has 0 aliphatic carbocycles. The number of ether oxygens (including phenoxy) is 1. The molecule has 3 rings (SSSR count). The first-order valence-corrected chi connectivity index (χ1v) is 9.91. The van der Waals surface area contributed by atoms with Gasteiger partial charge in [-0.2, -0.15) is 0 Å². The number of esters is 1. The summed E-state index contributed by atoms with van der Waals surface area (Å²) in [5, 5.41) is 4.61. The van der Waals surface area contributed by atoms with Crippen LogP contribution in [0.25, 0.3) is 10.9 Å². The van der Waals surface area contributed by atoms with E-state index in [2.05, 4.69) is 26.2 Å². The predicted octanol–water partition coefficient (Wildman–Crippen LogP) is 5.77. The number of nitrogens with one attached hydrogen (secondary N) is 1. The molecule has 0 unspecified atom stereocenters. The van der Waals surface area contributed by atoms with Crippen LogP contribution in [0.15, 0.2) is 53.1 Å². The van der Waals surface area contributed by atoms with E-state index in [4.69, 9.17) is 27.9 Å². The Bertz CT molecular complexity index is 1040. The Morgan fingerprint density at radius 2 is 1.93 bits per heavy atom. The van der Waals surface area contributed by atoms with Crippen molar-refractivity contribution in [3.8, 4) is 0 Å². The molecule has 1 N–H and O–H groups in total. The fourth-order valence-corrected chi connectivity index (χ4v) is 3.45. The second kappa shape index (κ2) is 9.37. The molecule has 28 heavy (non-hydrogen) atoms. The minimum atomic E-state index is -0.486. The number of nitrogens with zero attached hydrogens (tertiary/aromatic N) is 1. The summed E-state index contributed by atoms with van der Waals surface area (Å²) in [6.07, 6.45) is 1.61. The molecule has 0 saturated heterocycles. The van der Waals surface area contributed by atoms with E-state index in [1.807, 2.05) is 18.2 Å². The van der Waals surface area contributed by atoms with Gasteiger partial charge in [0, 0.05) is 38.1 Å². The number of halogens is 3. The third-order valence-electron chi connectivity index (χ3n) is 3.95. The molecule has 3 aromatic rings. The van der Waals surface area contributed by atoms with Gasteiger partial charge in [-0.1, -0.05) is 51.3 Å². The summed E-state index contributed by atoms with van der Waals surface area (Å²) in [6, 6.07) is 12.3. The number of rotatable bonds is 6. The van der Waals surface area contributed by atoms with Crippen molar-refractivity contribution in [2.24, 2.45) is 0 Å². The standard InChI is InChI=1S/C20H15BrCl2N2O3/c21-15-5-6-17(20-14(15)2-1-9-24-20)25-18(26)7-8-19(27)28-11-12-3-4-13(22)10-16(12)23/h1-6,9-10H,7-8,11H2,(H,25,26). The van der Waals surface area contributed by atoms with Crippen LogP contribution in [0, 0.1) is 0 Å². The Kier molecular flexibility index (Phi) is 6.88. The van der Waals surface area contributed by atoms with E-state index in [-0.39, 0.29) is 25.4 Å². The maximum atomic E-state index is 12.2. The maximum Gasteiger partial charge on any atom is 0.306 e. The van der Waals surface area contributed by atoms with Crippen molar-refractivity contribution < 1.29 is 14.3 Å². The molecular weight excluding hydrogens is 467 g/mol. The minimum absolute atomic E-state index is 0.00241. The number of aromatic nitrogens is 1. The lowest BCUT2D eigenvalue weighted by atomic mass is 10.2. The van der Waals surface area contributed by atoms with Gasteiger partial charge in [-0.05, 0) is 30.3 Å². The summed E-state index contributed by atoms with van der Waals surface area (Å²) in [4.78, 5) is 28.4. The third kappa shape index (κ3) is 5.22. The van der Waals surface area contributed by atoms with Crippen molar-refractivity contribution >= 4 is 67.6 Å². The Balaban J connectivity index is 1.53. The predicted molar refractivity (Wildman–Crippen MR) is 114 cm³/mol. The lowest BCUT2D eigenvalue weighted by Crippen LogP contribution is -2.15. The maximum absolute atomic E-state index is 12.2. The lowest BCUT2D eigenvalue weighted by molar-refractivity contribution is -0.145. The van der Waals surface area contributed by atoms with Gasteiger partial charge in [0.15, 0.2) is 0 Å². The molecule has 1 aromatic heterocycles. The molecule has 0 atom stereocenters. The minimum Gasteiger partial charge on any atom is -0.461 e. The number of anilines is 1. The molecule has 2 aromatic carbocycles. The highest BCUT2D eigenvalue weighted by atomic mass is 79.9. The number of carbonyl (C=O) groups excluding carboxylic acids is 2. The summed E-state index contributed by atoms with van der Waals surface area (Å²) in [6.45, 7) is 0.0255. The topological polar surface area (TPSA) is 68.3 Å². The van der Waals surface area contributed by atoms with Crippen LogP contribution in [-0.2, 0) is 20.9 Å². The first kappa shape index (κ1) is 20.6. The SMILES string of the molecule is O=C(CCC(=O)OCc1ccc(Cl)cc1Cl)Nc1ccc(Br)c2cccnc12. The average molecular weight is 482 g/mol. The monoisotopic (exact) mass is 480 g/mol. The largest absolute Gasteiger partial charge is 0.461 e. The molecule has 0 radical (unpaired) electrons. The van der Waals surface area contributed by atoms with Crippen LogP contribution in [0.5, 0.6) is 0 Å². The Morgan fingerprint density at radius 1 is 1.11 bits per heavy atom. The van der Waals surface area contributed by atoms with Crippen molar-refractivity contribution in [3.63, 3.8) is 0 Å². The molecule has 0 aliphatic heterocycles. The summed E-state index contributed by atoms with van der Waals surface area (Å²) in [5.74, 6) is -0.782.